The number of hydrogen-bond donors (Lipinski definition) is 2. The molecule has 1 aromatic rings. The van der Waals surface area contributed by atoms with Crippen molar-refractivity contribution in [1.29, 1.82) is 0 Å². The maximum absolute atomic E-state index is 11.4. The van der Waals surface area contributed by atoms with Crippen molar-refractivity contribution in [3.63, 3.8) is 0 Å². The van der Waals surface area contributed by atoms with Crippen LogP contribution < -0.4 is 15.4 Å². The van der Waals surface area contributed by atoms with Crippen LogP contribution in [0, 0.1) is 0 Å². The Balaban J connectivity index is 1.98. The van der Waals surface area contributed by atoms with E-state index in [1.165, 1.54) is 24.7 Å². The van der Waals surface area contributed by atoms with Gasteiger partial charge in [-0.3, -0.25) is 9.89 Å². The highest BCUT2D eigenvalue weighted by atomic mass is 32.2. The minimum atomic E-state index is -2.96. The van der Waals surface area contributed by atoms with Gasteiger partial charge in [0.1, 0.15) is 15.6 Å². The predicted octanol–water partition coefficient (Wildman–Crippen LogP) is 1.82. The van der Waals surface area contributed by atoms with Gasteiger partial charge in [0.05, 0.1) is 18.9 Å². The van der Waals surface area contributed by atoms with Crippen molar-refractivity contribution >= 4 is 15.8 Å². The molecule has 1 aliphatic heterocycles. The summed E-state index contributed by atoms with van der Waals surface area (Å²) in [6, 6.07) is 8.51. The molecule has 1 heterocycles. The average Bonchev–Trinajstić information content (AvgIpc) is 3.20. The average molecular weight is 411 g/mol. The first kappa shape index (κ1) is 22.5. The third-order valence-electron chi connectivity index (χ3n) is 5.07. The number of nitrogens with zero attached hydrogens (tertiary/aromatic N) is 2. The van der Waals surface area contributed by atoms with E-state index >= 15 is 0 Å². The van der Waals surface area contributed by atoms with Crippen LogP contribution in [0.4, 0.5) is 0 Å². The van der Waals surface area contributed by atoms with Gasteiger partial charge in [0.15, 0.2) is 5.96 Å². The van der Waals surface area contributed by atoms with Gasteiger partial charge in [0, 0.05) is 25.9 Å². The second-order valence-corrected chi connectivity index (χ2v) is 9.71. The van der Waals surface area contributed by atoms with Gasteiger partial charge in [0.2, 0.25) is 0 Å². The van der Waals surface area contributed by atoms with Crippen LogP contribution in [0.15, 0.2) is 29.3 Å². The SMILES string of the molecule is CN=C(NCC(c1ccc(OC)cc1)N1CCCC1)NC(C)CCS(C)(=O)=O. The van der Waals surface area contributed by atoms with Gasteiger partial charge in [0.25, 0.3) is 0 Å². The summed E-state index contributed by atoms with van der Waals surface area (Å²) in [5, 5.41) is 6.71. The number of hydrogen-bond acceptors (Lipinski definition) is 5. The number of rotatable bonds is 9. The van der Waals surface area contributed by atoms with E-state index in [1.807, 2.05) is 19.1 Å². The molecule has 1 aromatic carbocycles. The van der Waals surface area contributed by atoms with E-state index in [0.717, 1.165) is 25.4 Å². The minimum absolute atomic E-state index is 0.0205. The first-order valence-electron chi connectivity index (χ1n) is 9.85. The number of methoxy groups -OCH3 is 1. The summed E-state index contributed by atoms with van der Waals surface area (Å²) < 4.78 is 28.0. The maximum atomic E-state index is 11.4. The van der Waals surface area contributed by atoms with Crippen molar-refractivity contribution in [2.75, 3.05) is 45.8 Å². The second kappa shape index (κ2) is 10.7. The molecule has 8 heteroatoms. The van der Waals surface area contributed by atoms with Gasteiger partial charge in [-0.1, -0.05) is 12.1 Å². The summed E-state index contributed by atoms with van der Waals surface area (Å²) >= 11 is 0. The highest BCUT2D eigenvalue weighted by Gasteiger charge is 2.24. The quantitative estimate of drug-likeness (QED) is 0.477. The lowest BCUT2D eigenvalue weighted by Crippen LogP contribution is -2.46. The minimum Gasteiger partial charge on any atom is -0.497 e. The van der Waals surface area contributed by atoms with Crippen LogP contribution in [0.25, 0.3) is 0 Å². The van der Waals surface area contributed by atoms with E-state index in [1.54, 1.807) is 14.2 Å². The molecule has 0 spiro atoms. The van der Waals surface area contributed by atoms with Gasteiger partial charge in [-0.25, -0.2) is 8.42 Å². The van der Waals surface area contributed by atoms with E-state index in [0.29, 0.717) is 12.4 Å². The van der Waals surface area contributed by atoms with Crippen LogP contribution in [0.1, 0.15) is 37.8 Å². The molecule has 1 aliphatic rings. The van der Waals surface area contributed by atoms with Gasteiger partial charge in [-0.15, -0.1) is 0 Å². The predicted molar refractivity (Wildman–Crippen MR) is 115 cm³/mol. The molecular weight excluding hydrogens is 376 g/mol. The van der Waals surface area contributed by atoms with E-state index in [4.69, 9.17) is 4.74 Å². The van der Waals surface area contributed by atoms with Gasteiger partial charge >= 0.3 is 0 Å². The monoisotopic (exact) mass is 410 g/mol. The van der Waals surface area contributed by atoms with E-state index < -0.39 is 9.84 Å². The molecule has 1 saturated heterocycles. The fraction of sp³-hybridized carbons (Fsp3) is 0.650. The smallest absolute Gasteiger partial charge is 0.191 e. The second-order valence-electron chi connectivity index (χ2n) is 7.45. The third kappa shape index (κ3) is 7.31. The number of aliphatic imine (C=N–C) groups is 1. The number of sulfone groups is 1. The lowest BCUT2D eigenvalue weighted by atomic mass is 10.1. The zero-order chi connectivity index (χ0) is 20.6. The van der Waals surface area contributed by atoms with Crippen molar-refractivity contribution in [3.8, 4) is 5.75 Å². The van der Waals surface area contributed by atoms with Crippen molar-refractivity contribution in [1.82, 2.24) is 15.5 Å². The lowest BCUT2D eigenvalue weighted by Gasteiger charge is -2.29. The van der Waals surface area contributed by atoms with Crippen LogP contribution in [0.5, 0.6) is 5.75 Å². The van der Waals surface area contributed by atoms with Crippen LogP contribution in [-0.4, -0.2) is 71.1 Å². The first-order chi connectivity index (χ1) is 13.3. The molecule has 0 saturated carbocycles. The van der Waals surface area contributed by atoms with Crippen LogP contribution >= 0.6 is 0 Å². The molecule has 2 atom stereocenters. The molecule has 0 amide bonds. The summed E-state index contributed by atoms with van der Waals surface area (Å²) in [6.45, 7) is 4.88. The van der Waals surface area contributed by atoms with Crippen LogP contribution in [0.2, 0.25) is 0 Å². The standard InChI is InChI=1S/C20H34N4O3S/c1-16(11-14-28(4,25)26)23-20(21-2)22-15-19(24-12-5-6-13-24)17-7-9-18(27-3)10-8-17/h7-10,16,19H,5-6,11-15H2,1-4H3,(H2,21,22,23). The summed E-state index contributed by atoms with van der Waals surface area (Å²) in [7, 11) is 0.451. The fourth-order valence-electron chi connectivity index (χ4n) is 3.42. The summed E-state index contributed by atoms with van der Waals surface area (Å²) in [6.07, 6.45) is 4.26. The van der Waals surface area contributed by atoms with E-state index in [9.17, 15) is 8.42 Å². The number of nitrogens with one attached hydrogen (secondary N) is 2. The number of benzene rings is 1. The van der Waals surface area contributed by atoms with Crippen molar-refractivity contribution in [2.45, 2.75) is 38.3 Å². The van der Waals surface area contributed by atoms with Gasteiger partial charge in [-0.2, -0.15) is 0 Å². The normalized spacial score (nSPS) is 17.9. The summed E-state index contributed by atoms with van der Waals surface area (Å²) in [5.74, 6) is 1.72. The Labute approximate surface area is 169 Å². The number of guanidine groups is 1. The summed E-state index contributed by atoms with van der Waals surface area (Å²) in [5.41, 5.74) is 1.25. The molecule has 0 aliphatic carbocycles. The molecule has 0 bridgehead atoms. The topological polar surface area (TPSA) is 83.0 Å². The number of likely N-dealkylation sites (tertiary alicyclic amines) is 1. The molecule has 1 fully saturated rings. The molecule has 158 valence electrons. The van der Waals surface area contributed by atoms with Gasteiger partial charge in [-0.05, 0) is 57.0 Å². The molecule has 2 rings (SSSR count). The van der Waals surface area contributed by atoms with E-state index in [2.05, 4.69) is 32.7 Å². The zero-order valence-corrected chi connectivity index (χ0v) is 18.3. The largest absolute Gasteiger partial charge is 0.497 e. The molecule has 0 aromatic heterocycles. The zero-order valence-electron chi connectivity index (χ0n) is 17.4. The Kier molecular flexibility index (Phi) is 8.57. The molecule has 28 heavy (non-hydrogen) atoms. The molecule has 2 N–H and O–H groups in total. The summed E-state index contributed by atoms with van der Waals surface area (Å²) in [4.78, 5) is 6.79. The Morgan fingerprint density at radius 3 is 2.43 bits per heavy atom. The molecule has 0 radical (unpaired) electrons. The fourth-order valence-corrected chi connectivity index (χ4v) is 4.20. The van der Waals surface area contributed by atoms with Crippen molar-refractivity contribution < 1.29 is 13.2 Å². The molecular formula is C20H34N4O3S. The Morgan fingerprint density at radius 2 is 1.89 bits per heavy atom. The number of ether oxygens (including phenoxy) is 1. The van der Waals surface area contributed by atoms with Crippen LogP contribution in [-0.2, 0) is 9.84 Å². The van der Waals surface area contributed by atoms with Crippen LogP contribution in [0.3, 0.4) is 0 Å². The maximum Gasteiger partial charge on any atom is 0.191 e. The highest BCUT2D eigenvalue weighted by molar-refractivity contribution is 7.90. The van der Waals surface area contributed by atoms with Gasteiger partial charge < -0.3 is 15.4 Å². The lowest BCUT2D eigenvalue weighted by molar-refractivity contribution is 0.245. The molecule has 7 nitrogen and oxygen atoms in total. The van der Waals surface area contributed by atoms with E-state index in [-0.39, 0.29) is 17.8 Å². The third-order valence-corrected chi connectivity index (χ3v) is 6.05. The highest BCUT2D eigenvalue weighted by Crippen LogP contribution is 2.26. The van der Waals surface area contributed by atoms with Crippen molar-refractivity contribution in [2.24, 2.45) is 4.99 Å². The molecule has 2 unspecified atom stereocenters. The Morgan fingerprint density at radius 1 is 1.25 bits per heavy atom. The Bertz CT molecular complexity index is 728. The van der Waals surface area contributed by atoms with Crippen molar-refractivity contribution in [3.05, 3.63) is 29.8 Å². The Hall–Kier alpha value is -1.80. The first-order valence-corrected chi connectivity index (χ1v) is 11.9.